The molecular formula is C24H28F4N4. The quantitative estimate of drug-likeness (QED) is 0.485. The zero-order valence-electron chi connectivity index (χ0n) is 18.0. The van der Waals surface area contributed by atoms with Gasteiger partial charge >= 0.3 is 6.18 Å². The molecule has 1 saturated heterocycles. The standard InChI is InChI=1S/C24H28F4N4/c25-17-6-7-18-19(14-17)30-22(24(26,27)28)20-21(18)32(13-10-15-8-11-29-12-9-15)23(31-20)16-4-2-1-3-5-16/h6-7,14-16,29H,1-5,8-13H2. The summed E-state index contributed by atoms with van der Waals surface area (Å²) < 4.78 is 57.9. The Balaban J connectivity index is 1.70. The van der Waals surface area contributed by atoms with E-state index in [0.717, 1.165) is 76.3 Å². The van der Waals surface area contributed by atoms with Gasteiger partial charge in [0.25, 0.3) is 0 Å². The third-order valence-electron chi connectivity index (χ3n) is 7.13. The van der Waals surface area contributed by atoms with E-state index in [1.807, 2.05) is 4.57 Å². The highest BCUT2D eigenvalue weighted by Gasteiger charge is 2.38. The van der Waals surface area contributed by atoms with Crippen LogP contribution in [0.3, 0.4) is 0 Å². The lowest BCUT2D eigenvalue weighted by Gasteiger charge is -2.25. The summed E-state index contributed by atoms with van der Waals surface area (Å²) in [7, 11) is 0. The second-order valence-electron chi connectivity index (χ2n) is 9.26. The highest BCUT2D eigenvalue weighted by atomic mass is 19.4. The number of hydrogen-bond donors (Lipinski definition) is 1. The molecule has 5 rings (SSSR count). The van der Waals surface area contributed by atoms with Crippen molar-refractivity contribution < 1.29 is 17.6 Å². The summed E-state index contributed by atoms with van der Waals surface area (Å²) in [5.74, 6) is 0.852. The third kappa shape index (κ3) is 4.09. The Morgan fingerprint density at radius 1 is 1.00 bits per heavy atom. The summed E-state index contributed by atoms with van der Waals surface area (Å²) in [4.78, 5) is 8.45. The van der Waals surface area contributed by atoms with Crippen molar-refractivity contribution in [2.24, 2.45) is 5.92 Å². The van der Waals surface area contributed by atoms with Crippen molar-refractivity contribution in [1.29, 1.82) is 0 Å². The SMILES string of the molecule is Fc1ccc2c(c1)nc(C(F)(F)F)c1nc(C3CCCCC3)n(CCC3CCNCC3)c12. The van der Waals surface area contributed by atoms with Crippen LogP contribution in [0.1, 0.15) is 68.8 Å². The van der Waals surface area contributed by atoms with Gasteiger partial charge in [0.2, 0.25) is 0 Å². The number of halogens is 4. The second kappa shape index (κ2) is 8.61. The topological polar surface area (TPSA) is 42.7 Å². The van der Waals surface area contributed by atoms with Gasteiger partial charge in [-0.2, -0.15) is 13.2 Å². The van der Waals surface area contributed by atoms with Crippen LogP contribution < -0.4 is 5.32 Å². The van der Waals surface area contributed by atoms with Crippen LogP contribution in [0.2, 0.25) is 0 Å². The maximum absolute atomic E-state index is 14.0. The number of benzene rings is 1. The Morgan fingerprint density at radius 2 is 1.75 bits per heavy atom. The van der Waals surface area contributed by atoms with E-state index in [0.29, 0.717) is 23.4 Å². The Kier molecular flexibility index (Phi) is 5.82. The fourth-order valence-corrected chi connectivity index (χ4v) is 5.46. The number of fused-ring (bicyclic) bond motifs is 3. The molecule has 0 unspecified atom stereocenters. The Hall–Kier alpha value is -2.22. The summed E-state index contributed by atoms with van der Waals surface area (Å²) in [5.41, 5.74) is -0.620. The Morgan fingerprint density at radius 3 is 2.47 bits per heavy atom. The first-order chi connectivity index (χ1) is 15.4. The predicted octanol–water partition coefficient (Wildman–Crippen LogP) is 6.18. The number of aryl methyl sites for hydroxylation is 1. The number of hydrogen-bond acceptors (Lipinski definition) is 3. The van der Waals surface area contributed by atoms with Crippen molar-refractivity contribution in [1.82, 2.24) is 19.9 Å². The van der Waals surface area contributed by atoms with E-state index in [4.69, 9.17) is 0 Å². The second-order valence-corrected chi connectivity index (χ2v) is 9.26. The molecule has 8 heteroatoms. The highest BCUT2D eigenvalue weighted by Crippen LogP contribution is 2.40. The van der Waals surface area contributed by atoms with Crippen molar-refractivity contribution in [2.45, 2.75) is 70.0 Å². The van der Waals surface area contributed by atoms with Crippen LogP contribution in [0.15, 0.2) is 18.2 Å². The molecule has 0 atom stereocenters. The number of nitrogens with one attached hydrogen (secondary N) is 1. The Labute approximate surface area is 184 Å². The molecule has 0 spiro atoms. The van der Waals surface area contributed by atoms with Crippen molar-refractivity contribution in [3.8, 4) is 0 Å². The molecule has 1 aliphatic heterocycles. The molecule has 0 amide bonds. The lowest BCUT2D eigenvalue weighted by Crippen LogP contribution is -2.28. The minimum absolute atomic E-state index is 0.0306. The molecule has 172 valence electrons. The normalized spacial score (nSPS) is 19.2. The third-order valence-corrected chi connectivity index (χ3v) is 7.13. The zero-order chi connectivity index (χ0) is 22.3. The Bertz CT molecular complexity index is 1110. The average molecular weight is 449 g/mol. The van der Waals surface area contributed by atoms with Gasteiger partial charge in [-0.3, -0.25) is 0 Å². The van der Waals surface area contributed by atoms with Crippen LogP contribution in [0, 0.1) is 11.7 Å². The molecular weight excluding hydrogens is 420 g/mol. The minimum Gasteiger partial charge on any atom is -0.327 e. The molecule has 2 aliphatic rings. The van der Waals surface area contributed by atoms with Crippen LogP contribution in [-0.4, -0.2) is 27.6 Å². The smallest absolute Gasteiger partial charge is 0.327 e. The predicted molar refractivity (Wildman–Crippen MR) is 116 cm³/mol. The van der Waals surface area contributed by atoms with Gasteiger partial charge in [0.05, 0.1) is 11.0 Å². The van der Waals surface area contributed by atoms with Gasteiger partial charge in [-0.25, -0.2) is 14.4 Å². The van der Waals surface area contributed by atoms with Gasteiger partial charge in [-0.1, -0.05) is 19.3 Å². The molecule has 1 aromatic carbocycles. The number of nitrogens with zero attached hydrogens (tertiary/aromatic N) is 3. The monoisotopic (exact) mass is 448 g/mol. The number of aromatic nitrogens is 3. The van der Waals surface area contributed by atoms with Gasteiger partial charge in [0.1, 0.15) is 17.2 Å². The fraction of sp³-hybridized carbons (Fsp3) is 0.583. The lowest BCUT2D eigenvalue weighted by atomic mass is 9.88. The number of rotatable bonds is 4. The summed E-state index contributed by atoms with van der Waals surface area (Å²) in [5, 5.41) is 3.90. The van der Waals surface area contributed by atoms with Gasteiger partial charge in [-0.15, -0.1) is 0 Å². The first-order valence-corrected chi connectivity index (χ1v) is 11.7. The summed E-state index contributed by atoms with van der Waals surface area (Å²) in [6.07, 6.45) is 3.58. The van der Waals surface area contributed by atoms with Crippen molar-refractivity contribution in [3.05, 3.63) is 35.5 Å². The van der Waals surface area contributed by atoms with Gasteiger partial charge in [-0.05, 0) is 63.2 Å². The first kappa shape index (κ1) is 21.6. The molecule has 3 heterocycles. The number of piperidine rings is 1. The molecule has 32 heavy (non-hydrogen) atoms. The summed E-state index contributed by atoms with van der Waals surface area (Å²) in [6, 6.07) is 3.93. The van der Waals surface area contributed by atoms with Crippen LogP contribution in [0.25, 0.3) is 21.9 Å². The van der Waals surface area contributed by atoms with Crippen molar-refractivity contribution in [3.63, 3.8) is 0 Å². The molecule has 2 fully saturated rings. The number of pyridine rings is 1. The van der Waals surface area contributed by atoms with Crippen LogP contribution in [0.4, 0.5) is 17.6 Å². The van der Waals surface area contributed by atoms with E-state index in [2.05, 4.69) is 15.3 Å². The maximum atomic E-state index is 14.0. The van der Waals surface area contributed by atoms with E-state index in [1.165, 1.54) is 6.07 Å². The molecule has 0 bridgehead atoms. The van der Waals surface area contributed by atoms with E-state index < -0.39 is 17.7 Å². The highest BCUT2D eigenvalue weighted by molar-refractivity contribution is 6.03. The maximum Gasteiger partial charge on any atom is 0.435 e. The summed E-state index contributed by atoms with van der Waals surface area (Å²) in [6.45, 7) is 2.59. The number of imidazole rings is 1. The van der Waals surface area contributed by atoms with Crippen LogP contribution in [-0.2, 0) is 12.7 Å². The first-order valence-electron chi connectivity index (χ1n) is 11.7. The van der Waals surface area contributed by atoms with Gasteiger partial charge in [0, 0.05) is 23.9 Å². The molecule has 1 aliphatic carbocycles. The molecule has 1 N–H and O–H groups in total. The average Bonchev–Trinajstić information content (AvgIpc) is 3.17. The van der Waals surface area contributed by atoms with Crippen molar-refractivity contribution >= 4 is 21.9 Å². The molecule has 0 radical (unpaired) electrons. The lowest BCUT2D eigenvalue weighted by molar-refractivity contribution is -0.139. The van der Waals surface area contributed by atoms with Crippen LogP contribution >= 0.6 is 0 Å². The van der Waals surface area contributed by atoms with E-state index >= 15 is 0 Å². The van der Waals surface area contributed by atoms with E-state index in [1.54, 1.807) is 6.07 Å². The molecule has 1 saturated carbocycles. The van der Waals surface area contributed by atoms with Crippen LogP contribution in [0.5, 0.6) is 0 Å². The molecule has 4 nitrogen and oxygen atoms in total. The minimum atomic E-state index is -4.66. The molecule has 2 aromatic heterocycles. The number of alkyl halides is 3. The fourth-order valence-electron chi connectivity index (χ4n) is 5.46. The molecule has 3 aromatic rings. The van der Waals surface area contributed by atoms with Gasteiger partial charge < -0.3 is 9.88 Å². The van der Waals surface area contributed by atoms with E-state index in [-0.39, 0.29) is 17.0 Å². The van der Waals surface area contributed by atoms with Crippen molar-refractivity contribution in [2.75, 3.05) is 13.1 Å². The van der Waals surface area contributed by atoms with Gasteiger partial charge in [0.15, 0.2) is 5.69 Å². The largest absolute Gasteiger partial charge is 0.435 e. The van der Waals surface area contributed by atoms with E-state index in [9.17, 15) is 17.6 Å². The zero-order valence-corrected chi connectivity index (χ0v) is 18.0. The summed E-state index contributed by atoms with van der Waals surface area (Å²) >= 11 is 0.